The largest absolute Gasteiger partial charge is 0.0654 e. The Balaban J connectivity index is 0. The average Bonchev–Trinajstić information content (AvgIpc) is 1.69. The van der Waals surface area contributed by atoms with E-state index in [1.165, 1.54) is 32.1 Å². The Morgan fingerprint density at radius 1 is 0.857 bits per heavy atom. The van der Waals surface area contributed by atoms with Gasteiger partial charge in [0, 0.05) is 1.43 Å². The van der Waals surface area contributed by atoms with Gasteiger partial charge in [0.25, 0.3) is 0 Å². The SMILES string of the molecule is CCCCCCC.[HH]. The molecule has 0 saturated heterocycles. The third-order valence-electron chi connectivity index (χ3n) is 1.21. The third kappa shape index (κ3) is 6.00. The van der Waals surface area contributed by atoms with Gasteiger partial charge in [-0.25, -0.2) is 0 Å². The van der Waals surface area contributed by atoms with Crippen LogP contribution in [0.4, 0.5) is 0 Å². The maximum atomic E-state index is 2.25. The van der Waals surface area contributed by atoms with Crippen molar-refractivity contribution in [2.24, 2.45) is 0 Å². The average molecular weight is 102 g/mol. The van der Waals surface area contributed by atoms with Crippen molar-refractivity contribution in [2.75, 3.05) is 0 Å². The van der Waals surface area contributed by atoms with Crippen molar-refractivity contribution in [3.8, 4) is 0 Å². The minimum atomic E-state index is 0. The summed E-state index contributed by atoms with van der Waals surface area (Å²) in [5.41, 5.74) is 0. The van der Waals surface area contributed by atoms with E-state index in [1.807, 2.05) is 0 Å². The molecule has 7 heavy (non-hydrogen) atoms. The minimum Gasteiger partial charge on any atom is -0.0654 e. The maximum Gasteiger partial charge on any atom is 0 e. The molecule has 0 bridgehead atoms. The molecule has 0 amide bonds. The smallest absolute Gasteiger partial charge is 0 e. The van der Waals surface area contributed by atoms with Crippen LogP contribution in [0.25, 0.3) is 0 Å². The van der Waals surface area contributed by atoms with Crippen LogP contribution in [0.3, 0.4) is 0 Å². The van der Waals surface area contributed by atoms with Crippen LogP contribution < -0.4 is 0 Å². The molecular weight excluding hydrogens is 84.1 g/mol. The highest BCUT2D eigenvalue weighted by Crippen LogP contribution is 2.00. The van der Waals surface area contributed by atoms with Crippen LogP contribution in [-0.4, -0.2) is 0 Å². The molecule has 0 aliphatic rings. The fourth-order valence-corrected chi connectivity index (χ4v) is 0.677. The highest BCUT2D eigenvalue weighted by atomic mass is 13.9. The summed E-state index contributed by atoms with van der Waals surface area (Å²) in [6.07, 6.45) is 7.01. The van der Waals surface area contributed by atoms with Crippen molar-refractivity contribution < 1.29 is 1.43 Å². The monoisotopic (exact) mass is 102 g/mol. The summed E-state index contributed by atoms with van der Waals surface area (Å²) in [6, 6.07) is 0. The highest BCUT2D eigenvalue weighted by molar-refractivity contribution is 4.35. The van der Waals surface area contributed by atoms with Crippen molar-refractivity contribution in [1.29, 1.82) is 0 Å². The van der Waals surface area contributed by atoms with E-state index in [0.29, 0.717) is 0 Å². The Morgan fingerprint density at radius 3 is 1.57 bits per heavy atom. The summed E-state index contributed by atoms with van der Waals surface area (Å²) in [5.74, 6) is 0. The van der Waals surface area contributed by atoms with Gasteiger partial charge in [-0.2, -0.15) is 0 Å². The van der Waals surface area contributed by atoms with Gasteiger partial charge in [0.05, 0.1) is 0 Å². The van der Waals surface area contributed by atoms with E-state index in [9.17, 15) is 0 Å². The predicted molar refractivity (Wildman–Crippen MR) is 36.5 cm³/mol. The fourth-order valence-electron chi connectivity index (χ4n) is 0.677. The Bertz CT molecular complexity index is 23.6. The normalized spacial score (nSPS) is 9.43. The lowest BCUT2D eigenvalue weighted by Crippen LogP contribution is -1.70. The number of hydrogen-bond acceptors (Lipinski definition) is 0. The molecule has 0 saturated carbocycles. The van der Waals surface area contributed by atoms with Crippen LogP contribution >= 0.6 is 0 Å². The van der Waals surface area contributed by atoms with Crippen molar-refractivity contribution in [2.45, 2.75) is 46.0 Å². The summed E-state index contributed by atoms with van der Waals surface area (Å²) in [7, 11) is 0. The lowest BCUT2D eigenvalue weighted by atomic mass is 10.2. The van der Waals surface area contributed by atoms with Crippen LogP contribution in [0.2, 0.25) is 0 Å². The number of hydrogen-bond donors (Lipinski definition) is 0. The van der Waals surface area contributed by atoms with E-state index in [2.05, 4.69) is 13.8 Å². The number of unbranched alkanes of at least 4 members (excludes halogenated alkanes) is 4. The first-order chi connectivity index (χ1) is 3.41. The summed E-state index contributed by atoms with van der Waals surface area (Å²) in [5, 5.41) is 0. The second kappa shape index (κ2) is 6.00. The molecule has 0 heteroatoms. The van der Waals surface area contributed by atoms with E-state index in [-0.39, 0.29) is 1.43 Å². The summed E-state index contributed by atoms with van der Waals surface area (Å²) < 4.78 is 0. The van der Waals surface area contributed by atoms with E-state index in [0.717, 1.165) is 0 Å². The maximum absolute atomic E-state index is 2.25. The lowest BCUT2D eigenvalue weighted by Gasteiger charge is -1.90. The van der Waals surface area contributed by atoms with E-state index in [1.54, 1.807) is 0 Å². The van der Waals surface area contributed by atoms with Gasteiger partial charge < -0.3 is 0 Å². The molecule has 0 aliphatic carbocycles. The molecule has 0 unspecified atom stereocenters. The van der Waals surface area contributed by atoms with Gasteiger partial charge in [0.2, 0.25) is 0 Å². The predicted octanol–water partition coefficient (Wildman–Crippen LogP) is 3.22. The minimum absolute atomic E-state index is 0. The lowest BCUT2D eigenvalue weighted by molar-refractivity contribution is 0.656. The van der Waals surface area contributed by atoms with Crippen LogP contribution in [0.1, 0.15) is 47.4 Å². The Labute approximate surface area is 48.4 Å². The van der Waals surface area contributed by atoms with Gasteiger partial charge in [-0.15, -0.1) is 0 Å². The van der Waals surface area contributed by atoms with Gasteiger partial charge in [-0.3, -0.25) is 0 Å². The zero-order valence-electron chi connectivity index (χ0n) is 5.54. The summed E-state index contributed by atoms with van der Waals surface area (Å²) in [4.78, 5) is 0. The Hall–Kier alpha value is 0. The molecule has 0 atom stereocenters. The van der Waals surface area contributed by atoms with E-state index < -0.39 is 0 Å². The molecule has 0 spiro atoms. The molecule has 0 radical (unpaired) electrons. The second-order valence-electron chi connectivity index (χ2n) is 2.06. The molecule has 0 aromatic heterocycles. The molecule has 0 aromatic carbocycles. The van der Waals surface area contributed by atoms with Gasteiger partial charge in [-0.05, 0) is 0 Å². The quantitative estimate of drug-likeness (QED) is 0.478. The van der Waals surface area contributed by atoms with Crippen molar-refractivity contribution in [3.63, 3.8) is 0 Å². The van der Waals surface area contributed by atoms with Crippen molar-refractivity contribution in [3.05, 3.63) is 0 Å². The van der Waals surface area contributed by atoms with Gasteiger partial charge in [0.1, 0.15) is 0 Å². The van der Waals surface area contributed by atoms with Crippen molar-refractivity contribution in [1.82, 2.24) is 0 Å². The van der Waals surface area contributed by atoms with E-state index >= 15 is 0 Å². The van der Waals surface area contributed by atoms with Gasteiger partial charge >= 0.3 is 0 Å². The van der Waals surface area contributed by atoms with Crippen LogP contribution in [0.5, 0.6) is 0 Å². The third-order valence-corrected chi connectivity index (χ3v) is 1.21. The zero-order valence-corrected chi connectivity index (χ0v) is 5.54. The molecule has 0 rings (SSSR count). The molecule has 0 aliphatic heterocycles. The Kier molecular flexibility index (Phi) is 6.00. The van der Waals surface area contributed by atoms with Gasteiger partial charge in [0.15, 0.2) is 0 Å². The topological polar surface area (TPSA) is 0 Å². The molecule has 0 N–H and O–H groups in total. The van der Waals surface area contributed by atoms with Crippen LogP contribution in [0.15, 0.2) is 0 Å². The first kappa shape index (κ1) is 7.00. The zero-order chi connectivity index (χ0) is 5.54. The fraction of sp³-hybridized carbons (Fsp3) is 1.00. The first-order valence-electron chi connectivity index (χ1n) is 3.41. The molecule has 0 nitrogen and oxygen atoms in total. The summed E-state index contributed by atoms with van der Waals surface area (Å²) >= 11 is 0. The number of rotatable bonds is 4. The molecule has 0 heterocycles. The Morgan fingerprint density at radius 2 is 1.29 bits per heavy atom. The van der Waals surface area contributed by atoms with Crippen LogP contribution in [0, 0.1) is 0 Å². The van der Waals surface area contributed by atoms with E-state index in [4.69, 9.17) is 0 Å². The molecular formula is C7H18. The first-order valence-corrected chi connectivity index (χ1v) is 3.41. The summed E-state index contributed by atoms with van der Waals surface area (Å²) in [6.45, 7) is 4.49. The standard InChI is InChI=1S/C7H16.H2/c1-3-5-7-6-4-2;/h3-7H2,1-2H3;1H. The van der Waals surface area contributed by atoms with Crippen molar-refractivity contribution >= 4 is 0 Å². The highest BCUT2D eigenvalue weighted by Gasteiger charge is 1.80. The molecule has 0 fully saturated rings. The molecule has 46 valence electrons. The second-order valence-corrected chi connectivity index (χ2v) is 2.06. The van der Waals surface area contributed by atoms with Crippen LogP contribution in [-0.2, 0) is 0 Å². The van der Waals surface area contributed by atoms with Gasteiger partial charge in [-0.1, -0.05) is 46.0 Å². The molecule has 0 aromatic rings.